The first kappa shape index (κ1) is 10.9. The van der Waals surface area contributed by atoms with Gasteiger partial charge in [0.15, 0.2) is 0 Å². The SMILES string of the molecule is CCCCNC(=O)CCOC=O. The number of rotatable bonds is 7. The van der Waals surface area contributed by atoms with Crippen LogP contribution in [-0.2, 0) is 14.3 Å². The lowest BCUT2D eigenvalue weighted by atomic mass is 10.3. The van der Waals surface area contributed by atoms with Gasteiger partial charge in [0.1, 0.15) is 0 Å². The monoisotopic (exact) mass is 173 g/mol. The van der Waals surface area contributed by atoms with Crippen LogP contribution in [0.15, 0.2) is 0 Å². The van der Waals surface area contributed by atoms with Crippen molar-refractivity contribution in [3.63, 3.8) is 0 Å². The fourth-order valence-corrected chi connectivity index (χ4v) is 0.693. The molecule has 0 saturated carbocycles. The number of amides is 1. The lowest BCUT2D eigenvalue weighted by Crippen LogP contribution is -2.25. The summed E-state index contributed by atoms with van der Waals surface area (Å²) in [7, 11) is 0. The van der Waals surface area contributed by atoms with E-state index in [2.05, 4.69) is 17.0 Å². The van der Waals surface area contributed by atoms with Gasteiger partial charge >= 0.3 is 0 Å². The maximum Gasteiger partial charge on any atom is 0.293 e. The van der Waals surface area contributed by atoms with E-state index in [1.54, 1.807) is 0 Å². The lowest BCUT2D eigenvalue weighted by Gasteiger charge is -2.02. The Balaban J connectivity index is 3.15. The summed E-state index contributed by atoms with van der Waals surface area (Å²) in [6.07, 6.45) is 2.30. The van der Waals surface area contributed by atoms with Crippen LogP contribution in [0.2, 0.25) is 0 Å². The number of carbonyl (C=O) groups is 2. The van der Waals surface area contributed by atoms with Crippen molar-refractivity contribution >= 4 is 12.4 Å². The normalized spacial score (nSPS) is 9.08. The fraction of sp³-hybridized carbons (Fsp3) is 0.750. The molecule has 0 rings (SSSR count). The van der Waals surface area contributed by atoms with Crippen LogP contribution in [0.5, 0.6) is 0 Å². The Morgan fingerprint density at radius 1 is 1.58 bits per heavy atom. The quantitative estimate of drug-likeness (QED) is 0.449. The van der Waals surface area contributed by atoms with Gasteiger partial charge < -0.3 is 10.1 Å². The summed E-state index contributed by atoms with van der Waals surface area (Å²) >= 11 is 0. The minimum atomic E-state index is -0.0645. The van der Waals surface area contributed by atoms with Crippen LogP contribution >= 0.6 is 0 Å². The van der Waals surface area contributed by atoms with E-state index in [0.29, 0.717) is 13.0 Å². The summed E-state index contributed by atoms with van der Waals surface area (Å²) in [6, 6.07) is 0. The summed E-state index contributed by atoms with van der Waals surface area (Å²) in [4.78, 5) is 20.6. The molecule has 0 atom stereocenters. The van der Waals surface area contributed by atoms with Gasteiger partial charge in [-0.05, 0) is 6.42 Å². The summed E-state index contributed by atoms with van der Waals surface area (Å²) < 4.78 is 4.37. The average molecular weight is 173 g/mol. The molecule has 4 heteroatoms. The molecule has 1 amide bonds. The zero-order valence-corrected chi connectivity index (χ0v) is 7.34. The Morgan fingerprint density at radius 3 is 2.92 bits per heavy atom. The lowest BCUT2D eigenvalue weighted by molar-refractivity contribution is -0.130. The van der Waals surface area contributed by atoms with E-state index in [-0.39, 0.29) is 18.9 Å². The highest BCUT2D eigenvalue weighted by molar-refractivity contribution is 5.75. The molecule has 12 heavy (non-hydrogen) atoms. The average Bonchev–Trinajstić information content (AvgIpc) is 2.06. The highest BCUT2D eigenvalue weighted by atomic mass is 16.5. The third-order valence-corrected chi connectivity index (χ3v) is 1.37. The number of hydrogen-bond acceptors (Lipinski definition) is 3. The predicted molar refractivity (Wildman–Crippen MR) is 44.6 cm³/mol. The van der Waals surface area contributed by atoms with E-state index in [1.807, 2.05) is 0 Å². The van der Waals surface area contributed by atoms with Crippen LogP contribution in [0, 0.1) is 0 Å². The van der Waals surface area contributed by atoms with Crippen molar-refractivity contribution in [3.8, 4) is 0 Å². The molecule has 0 aromatic heterocycles. The third-order valence-electron chi connectivity index (χ3n) is 1.37. The Bertz CT molecular complexity index is 136. The third kappa shape index (κ3) is 7.05. The van der Waals surface area contributed by atoms with Gasteiger partial charge in [-0.25, -0.2) is 0 Å². The molecular weight excluding hydrogens is 158 g/mol. The van der Waals surface area contributed by atoms with Crippen molar-refractivity contribution in [1.29, 1.82) is 0 Å². The van der Waals surface area contributed by atoms with Crippen LogP contribution in [0.4, 0.5) is 0 Å². The minimum Gasteiger partial charge on any atom is -0.467 e. The van der Waals surface area contributed by atoms with Crippen LogP contribution < -0.4 is 5.32 Å². The highest BCUT2D eigenvalue weighted by Gasteiger charge is 1.98. The van der Waals surface area contributed by atoms with Gasteiger partial charge in [-0.15, -0.1) is 0 Å². The highest BCUT2D eigenvalue weighted by Crippen LogP contribution is 1.85. The molecule has 0 unspecified atom stereocenters. The second-order valence-electron chi connectivity index (χ2n) is 2.42. The molecule has 0 aromatic rings. The van der Waals surface area contributed by atoms with Gasteiger partial charge in [-0.2, -0.15) is 0 Å². The second-order valence-corrected chi connectivity index (χ2v) is 2.42. The Labute approximate surface area is 72.3 Å². The van der Waals surface area contributed by atoms with Crippen molar-refractivity contribution in [2.45, 2.75) is 26.2 Å². The maximum absolute atomic E-state index is 10.9. The fourth-order valence-electron chi connectivity index (χ4n) is 0.693. The number of unbranched alkanes of at least 4 members (excludes halogenated alkanes) is 1. The van der Waals surface area contributed by atoms with Crippen LogP contribution in [0.3, 0.4) is 0 Å². The van der Waals surface area contributed by atoms with Gasteiger partial charge in [-0.1, -0.05) is 13.3 Å². The molecule has 4 nitrogen and oxygen atoms in total. The molecule has 0 spiro atoms. The number of hydrogen-bond donors (Lipinski definition) is 1. The number of carbonyl (C=O) groups excluding carboxylic acids is 2. The van der Waals surface area contributed by atoms with E-state index in [0.717, 1.165) is 12.8 Å². The molecule has 0 radical (unpaired) electrons. The van der Waals surface area contributed by atoms with Crippen LogP contribution in [-0.4, -0.2) is 25.5 Å². The van der Waals surface area contributed by atoms with Gasteiger partial charge in [0.2, 0.25) is 5.91 Å². The summed E-state index contributed by atoms with van der Waals surface area (Å²) in [6.45, 7) is 3.28. The number of ether oxygens (including phenoxy) is 1. The second kappa shape index (κ2) is 8.04. The summed E-state index contributed by atoms with van der Waals surface area (Å²) in [5.41, 5.74) is 0. The van der Waals surface area contributed by atoms with Crippen molar-refractivity contribution in [2.24, 2.45) is 0 Å². The number of nitrogens with one attached hydrogen (secondary N) is 1. The zero-order valence-electron chi connectivity index (χ0n) is 7.34. The Morgan fingerprint density at radius 2 is 2.33 bits per heavy atom. The van der Waals surface area contributed by atoms with Gasteiger partial charge in [0, 0.05) is 6.54 Å². The minimum absolute atomic E-state index is 0.0645. The van der Waals surface area contributed by atoms with Gasteiger partial charge in [0.25, 0.3) is 6.47 Å². The molecule has 0 heterocycles. The maximum atomic E-state index is 10.9. The van der Waals surface area contributed by atoms with E-state index < -0.39 is 0 Å². The van der Waals surface area contributed by atoms with Crippen LogP contribution in [0.1, 0.15) is 26.2 Å². The molecule has 0 aliphatic rings. The van der Waals surface area contributed by atoms with Crippen molar-refractivity contribution in [1.82, 2.24) is 5.32 Å². The van der Waals surface area contributed by atoms with Gasteiger partial charge in [0.05, 0.1) is 13.0 Å². The molecule has 0 aromatic carbocycles. The topological polar surface area (TPSA) is 55.4 Å². The Kier molecular flexibility index (Phi) is 7.33. The van der Waals surface area contributed by atoms with E-state index in [9.17, 15) is 9.59 Å². The summed E-state index contributed by atoms with van der Waals surface area (Å²) in [5, 5.41) is 2.71. The van der Waals surface area contributed by atoms with E-state index in [4.69, 9.17) is 0 Å². The summed E-state index contributed by atoms with van der Waals surface area (Å²) in [5.74, 6) is -0.0645. The first-order valence-electron chi connectivity index (χ1n) is 4.13. The zero-order chi connectivity index (χ0) is 9.23. The Hall–Kier alpha value is -1.06. The van der Waals surface area contributed by atoms with E-state index in [1.165, 1.54) is 0 Å². The first-order chi connectivity index (χ1) is 5.81. The molecule has 0 saturated heterocycles. The largest absolute Gasteiger partial charge is 0.467 e. The molecule has 0 aliphatic carbocycles. The smallest absolute Gasteiger partial charge is 0.293 e. The molecule has 0 fully saturated rings. The predicted octanol–water partition coefficient (Wildman–Crippen LogP) is 0.466. The van der Waals surface area contributed by atoms with Crippen molar-refractivity contribution < 1.29 is 14.3 Å². The molecule has 1 N–H and O–H groups in total. The van der Waals surface area contributed by atoms with Gasteiger partial charge in [-0.3, -0.25) is 9.59 Å². The molecule has 0 bridgehead atoms. The van der Waals surface area contributed by atoms with Crippen LogP contribution in [0.25, 0.3) is 0 Å². The molecule has 0 aliphatic heterocycles. The van der Waals surface area contributed by atoms with Crippen molar-refractivity contribution in [2.75, 3.05) is 13.2 Å². The molecule has 70 valence electrons. The molecular formula is C8H15NO3. The first-order valence-corrected chi connectivity index (χ1v) is 4.13. The standard InChI is InChI=1S/C8H15NO3/c1-2-3-5-9-8(11)4-6-12-7-10/h7H,2-6H2,1H3,(H,9,11). The van der Waals surface area contributed by atoms with E-state index >= 15 is 0 Å². The van der Waals surface area contributed by atoms with Crippen molar-refractivity contribution in [3.05, 3.63) is 0 Å².